The number of amides is 1. The molecule has 0 aliphatic carbocycles. The van der Waals surface area contributed by atoms with Crippen molar-refractivity contribution in [2.75, 3.05) is 11.9 Å². The summed E-state index contributed by atoms with van der Waals surface area (Å²) in [5.41, 5.74) is -0.299. The quantitative estimate of drug-likeness (QED) is 0.842. The molecule has 1 amide bonds. The molecule has 0 atom stereocenters. The summed E-state index contributed by atoms with van der Waals surface area (Å²) in [6, 6.07) is 3.07. The van der Waals surface area contributed by atoms with Crippen LogP contribution >= 0.6 is 0 Å². The van der Waals surface area contributed by atoms with Crippen LogP contribution in [-0.4, -0.2) is 12.7 Å². The van der Waals surface area contributed by atoms with E-state index >= 15 is 0 Å². The maximum atomic E-state index is 12.9. The van der Waals surface area contributed by atoms with Gasteiger partial charge in [0.15, 0.2) is 11.6 Å². The number of hydrogen-bond donors (Lipinski definition) is 1. The standard InChI is InChI=1S/C10H8F2N2O2/c1-2-16-10(15)14-9-4-8(12)7(11)3-6(9)5-13/h3-4H,2H2,1H3,(H,14,15). The van der Waals surface area contributed by atoms with E-state index in [0.717, 1.165) is 6.07 Å². The zero-order chi connectivity index (χ0) is 12.1. The molecule has 1 aromatic rings. The highest BCUT2D eigenvalue weighted by molar-refractivity contribution is 5.86. The van der Waals surface area contributed by atoms with Crippen LogP contribution in [0, 0.1) is 23.0 Å². The molecular formula is C10H8F2N2O2. The zero-order valence-corrected chi connectivity index (χ0v) is 8.38. The predicted octanol–water partition coefficient (Wildman–Crippen LogP) is 2.40. The number of rotatable bonds is 2. The second-order valence-electron chi connectivity index (χ2n) is 2.77. The van der Waals surface area contributed by atoms with Crippen LogP contribution in [0.5, 0.6) is 0 Å². The number of benzene rings is 1. The first-order valence-corrected chi connectivity index (χ1v) is 4.41. The van der Waals surface area contributed by atoms with E-state index in [0.29, 0.717) is 6.07 Å². The molecule has 0 heterocycles. The number of nitrogens with zero attached hydrogens (tertiary/aromatic N) is 1. The second kappa shape index (κ2) is 5.07. The van der Waals surface area contributed by atoms with Crippen LogP contribution in [0.1, 0.15) is 12.5 Å². The van der Waals surface area contributed by atoms with Crippen molar-refractivity contribution in [3.8, 4) is 6.07 Å². The lowest BCUT2D eigenvalue weighted by Gasteiger charge is -2.07. The largest absolute Gasteiger partial charge is 0.450 e. The van der Waals surface area contributed by atoms with E-state index in [1.54, 1.807) is 13.0 Å². The summed E-state index contributed by atoms with van der Waals surface area (Å²) in [6.45, 7) is 1.73. The fraction of sp³-hybridized carbons (Fsp3) is 0.200. The molecule has 6 heteroatoms. The Balaban J connectivity index is 3.00. The first-order valence-electron chi connectivity index (χ1n) is 4.41. The van der Waals surface area contributed by atoms with Gasteiger partial charge in [-0.3, -0.25) is 5.32 Å². The van der Waals surface area contributed by atoms with Gasteiger partial charge in [-0.1, -0.05) is 0 Å². The first kappa shape index (κ1) is 11.9. The molecule has 0 bridgehead atoms. The number of halogens is 2. The minimum absolute atomic E-state index is 0.125. The average molecular weight is 226 g/mol. The van der Waals surface area contributed by atoms with Gasteiger partial charge in [0.25, 0.3) is 0 Å². The Bertz CT molecular complexity index is 455. The van der Waals surface area contributed by atoms with Gasteiger partial charge in [0, 0.05) is 6.07 Å². The highest BCUT2D eigenvalue weighted by atomic mass is 19.2. The number of hydrogen-bond acceptors (Lipinski definition) is 3. The van der Waals surface area contributed by atoms with Crippen molar-refractivity contribution >= 4 is 11.8 Å². The molecule has 0 aliphatic rings. The summed E-state index contributed by atoms with van der Waals surface area (Å²) in [6.07, 6.45) is -0.829. The Morgan fingerprint density at radius 1 is 1.50 bits per heavy atom. The maximum Gasteiger partial charge on any atom is 0.411 e. The summed E-state index contributed by atoms with van der Waals surface area (Å²) < 4.78 is 30.2. The molecule has 1 aromatic carbocycles. The monoisotopic (exact) mass is 226 g/mol. The molecule has 16 heavy (non-hydrogen) atoms. The SMILES string of the molecule is CCOC(=O)Nc1cc(F)c(F)cc1C#N. The van der Waals surface area contributed by atoms with Crippen LogP contribution in [0.15, 0.2) is 12.1 Å². The highest BCUT2D eigenvalue weighted by Crippen LogP contribution is 2.19. The molecule has 0 aliphatic heterocycles. The smallest absolute Gasteiger partial charge is 0.411 e. The van der Waals surface area contributed by atoms with Gasteiger partial charge in [-0.2, -0.15) is 5.26 Å². The molecule has 0 fully saturated rings. The summed E-state index contributed by atoms with van der Waals surface area (Å²) in [4.78, 5) is 11.0. The third-order valence-electron chi connectivity index (χ3n) is 1.69. The second-order valence-corrected chi connectivity index (χ2v) is 2.77. The predicted molar refractivity (Wildman–Crippen MR) is 51.7 cm³/mol. The molecule has 0 aromatic heterocycles. The lowest BCUT2D eigenvalue weighted by atomic mass is 10.2. The van der Waals surface area contributed by atoms with Crippen LogP contribution in [-0.2, 0) is 4.74 Å². The molecule has 4 nitrogen and oxygen atoms in total. The number of carbonyl (C=O) groups excluding carboxylic acids is 1. The molecule has 0 saturated carbocycles. The van der Waals surface area contributed by atoms with Gasteiger partial charge in [0.05, 0.1) is 17.9 Å². The lowest BCUT2D eigenvalue weighted by molar-refractivity contribution is 0.168. The van der Waals surface area contributed by atoms with Crippen molar-refractivity contribution in [2.45, 2.75) is 6.92 Å². The van der Waals surface area contributed by atoms with Crippen molar-refractivity contribution in [1.82, 2.24) is 0 Å². The minimum Gasteiger partial charge on any atom is -0.450 e. The van der Waals surface area contributed by atoms with Crippen molar-refractivity contribution in [3.63, 3.8) is 0 Å². The topological polar surface area (TPSA) is 62.1 Å². The molecular weight excluding hydrogens is 218 g/mol. The molecule has 1 N–H and O–H groups in total. The minimum atomic E-state index is -1.15. The van der Waals surface area contributed by atoms with Gasteiger partial charge in [0.2, 0.25) is 0 Å². The first-order chi connectivity index (χ1) is 7.58. The van der Waals surface area contributed by atoms with E-state index in [2.05, 4.69) is 10.1 Å². The van der Waals surface area contributed by atoms with Crippen LogP contribution < -0.4 is 5.32 Å². The lowest BCUT2D eigenvalue weighted by Crippen LogP contribution is -2.14. The van der Waals surface area contributed by atoms with Crippen molar-refractivity contribution < 1.29 is 18.3 Å². The zero-order valence-electron chi connectivity index (χ0n) is 8.38. The van der Waals surface area contributed by atoms with E-state index in [4.69, 9.17) is 5.26 Å². The summed E-state index contributed by atoms with van der Waals surface area (Å²) in [7, 11) is 0. The molecule has 84 valence electrons. The van der Waals surface area contributed by atoms with Gasteiger partial charge >= 0.3 is 6.09 Å². The Hall–Kier alpha value is -2.16. The van der Waals surface area contributed by atoms with E-state index in [9.17, 15) is 13.6 Å². The van der Waals surface area contributed by atoms with Crippen LogP contribution in [0.3, 0.4) is 0 Å². The molecule has 0 spiro atoms. The van der Waals surface area contributed by atoms with Crippen LogP contribution in [0.2, 0.25) is 0 Å². The van der Waals surface area contributed by atoms with E-state index in [1.807, 2.05) is 0 Å². The van der Waals surface area contributed by atoms with E-state index < -0.39 is 17.7 Å². The molecule has 0 saturated heterocycles. The fourth-order valence-electron chi connectivity index (χ4n) is 1.02. The fourth-order valence-corrected chi connectivity index (χ4v) is 1.02. The van der Waals surface area contributed by atoms with Crippen LogP contribution in [0.4, 0.5) is 19.3 Å². The van der Waals surface area contributed by atoms with Crippen molar-refractivity contribution in [3.05, 3.63) is 29.3 Å². The van der Waals surface area contributed by atoms with E-state index in [-0.39, 0.29) is 17.9 Å². The van der Waals surface area contributed by atoms with Gasteiger partial charge in [-0.05, 0) is 13.0 Å². The number of nitrogens with one attached hydrogen (secondary N) is 1. The summed E-state index contributed by atoms with van der Waals surface area (Å²) >= 11 is 0. The summed E-state index contributed by atoms with van der Waals surface area (Å²) in [5.74, 6) is -2.29. The third-order valence-corrected chi connectivity index (χ3v) is 1.69. The van der Waals surface area contributed by atoms with E-state index in [1.165, 1.54) is 0 Å². The van der Waals surface area contributed by atoms with Gasteiger partial charge in [-0.15, -0.1) is 0 Å². The van der Waals surface area contributed by atoms with Crippen LogP contribution in [0.25, 0.3) is 0 Å². The third kappa shape index (κ3) is 2.67. The Labute approximate surface area is 90.4 Å². The van der Waals surface area contributed by atoms with Crippen molar-refractivity contribution in [1.29, 1.82) is 5.26 Å². The number of nitriles is 1. The molecule has 1 rings (SSSR count). The Kier molecular flexibility index (Phi) is 3.78. The molecule has 0 unspecified atom stereocenters. The average Bonchev–Trinajstić information content (AvgIpc) is 2.23. The molecule has 0 radical (unpaired) electrons. The number of ether oxygens (including phenoxy) is 1. The highest BCUT2D eigenvalue weighted by Gasteiger charge is 2.12. The van der Waals surface area contributed by atoms with Gasteiger partial charge in [-0.25, -0.2) is 13.6 Å². The number of carbonyl (C=O) groups is 1. The normalized spacial score (nSPS) is 9.38. The Morgan fingerprint density at radius 3 is 2.69 bits per heavy atom. The van der Waals surface area contributed by atoms with Gasteiger partial charge < -0.3 is 4.74 Å². The Morgan fingerprint density at radius 2 is 2.12 bits per heavy atom. The van der Waals surface area contributed by atoms with Crippen molar-refractivity contribution in [2.24, 2.45) is 0 Å². The maximum absolute atomic E-state index is 12.9. The van der Waals surface area contributed by atoms with Gasteiger partial charge in [0.1, 0.15) is 6.07 Å². The summed E-state index contributed by atoms with van der Waals surface area (Å²) in [5, 5.41) is 10.8. The number of anilines is 1.